The van der Waals surface area contributed by atoms with Crippen molar-refractivity contribution >= 4 is 45.8 Å². The molecular formula is C13H5F4IN2S. The number of H-pyrrole nitrogens is 1. The van der Waals surface area contributed by atoms with Crippen molar-refractivity contribution in [2.24, 2.45) is 0 Å². The number of nitrogens with zero attached hydrogens (tertiary/aromatic N) is 1. The maximum atomic E-state index is 13.9. The first-order chi connectivity index (χ1) is 9.88. The van der Waals surface area contributed by atoms with Crippen molar-refractivity contribution in [3.8, 4) is 5.69 Å². The van der Waals surface area contributed by atoms with Crippen LogP contribution in [-0.2, 0) is 0 Å². The molecule has 3 aromatic rings. The Morgan fingerprint density at radius 2 is 1.57 bits per heavy atom. The Balaban J connectivity index is 2.44. The highest BCUT2D eigenvalue weighted by Gasteiger charge is 2.18. The molecule has 0 spiro atoms. The van der Waals surface area contributed by atoms with Gasteiger partial charge in [0.2, 0.25) is 0 Å². The summed E-state index contributed by atoms with van der Waals surface area (Å²) in [6.45, 7) is 0. The van der Waals surface area contributed by atoms with Crippen molar-refractivity contribution in [1.29, 1.82) is 0 Å². The van der Waals surface area contributed by atoms with Crippen LogP contribution in [0.5, 0.6) is 0 Å². The van der Waals surface area contributed by atoms with Gasteiger partial charge in [-0.1, -0.05) is 0 Å². The van der Waals surface area contributed by atoms with Gasteiger partial charge in [0.15, 0.2) is 16.4 Å². The summed E-state index contributed by atoms with van der Waals surface area (Å²) in [5.41, 5.74) is 0.0458. The Morgan fingerprint density at radius 3 is 2.19 bits per heavy atom. The largest absolute Gasteiger partial charge is 0.330 e. The number of aromatic nitrogens is 2. The molecule has 1 heterocycles. The molecule has 2 aromatic carbocycles. The number of halogens is 5. The summed E-state index contributed by atoms with van der Waals surface area (Å²) in [6, 6.07) is 3.67. The maximum absolute atomic E-state index is 13.9. The zero-order valence-corrected chi connectivity index (χ0v) is 13.0. The zero-order valence-electron chi connectivity index (χ0n) is 10.1. The maximum Gasteiger partial charge on any atom is 0.182 e. The van der Waals surface area contributed by atoms with Gasteiger partial charge in [-0.15, -0.1) is 0 Å². The highest BCUT2D eigenvalue weighted by molar-refractivity contribution is 14.1. The quantitative estimate of drug-likeness (QED) is 0.337. The van der Waals surface area contributed by atoms with E-state index in [2.05, 4.69) is 4.98 Å². The van der Waals surface area contributed by atoms with Gasteiger partial charge in [-0.25, -0.2) is 17.6 Å². The minimum Gasteiger partial charge on any atom is -0.330 e. The Labute approximate surface area is 134 Å². The summed E-state index contributed by atoms with van der Waals surface area (Å²) in [6.07, 6.45) is 0. The summed E-state index contributed by atoms with van der Waals surface area (Å²) < 4.78 is 55.8. The lowest BCUT2D eigenvalue weighted by Gasteiger charge is -2.08. The van der Waals surface area contributed by atoms with Crippen LogP contribution < -0.4 is 0 Å². The van der Waals surface area contributed by atoms with Gasteiger partial charge in [-0.2, -0.15) is 0 Å². The molecule has 21 heavy (non-hydrogen) atoms. The molecule has 3 rings (SSSR count). The Morgan fingerprint density at radius 1 is 0.952 bits per heavy atom. The molecule has 0 aliphatic carbocycles. The fourth-order valence-corrected chi connectivity index (χ4v) is 2.84. The molecule has 0 unspecified atom stereocenters. The molecule has 0 aliphatic heterocycles. The third-order valence-electron chi connectivity index (χ3n) is 2.93. The van der Waals surface area contributed by atoms with E-state index in [9.17, 15) is 17.6 Å². The monoisotopic (exact) mass is 424 g/mol. The molecule has 108 valence electrons. The van der Waals surface area contributed by atoms with E-state index in [1.807, 2.05) is 0 Å². The summed E-state index contributed by atoms with van der Waals surface area (Å²) in [5.74, 6) is -3.83. The van der Waals surface area contributed by atoms with Crippen LogP contribution in [0.15, 0.2) is 24.3 Å². The molecule has 2 nitrogen and oxygen atoms in total. The van der Waals surface area contributed by atoms with Crippen molar-refractivity contribution in [3.63, 3.8) is 0 Å². The first kappa shape index (κ1) is 14.5. The molecule has 0 aliphatic rings. The smallest absolute Gasteiger partial charge is 0.182 e. The molecule has 0 atom stereocenters. The Kier molecular flexibility index (Phi) is 3.52. The number of aromatic amines is 1. The highest BCUT2D eigenvalue weighted by atomic mass is 127. The average molecular weight is 424 g/mol. The number of hydrogen-bond acceptors (Lipinski definition) is 1. The lowest BCUT2D eigenvalue weighted by Crippen LogP contribution is -2.03. The van der Waals surface area contributed by atoms with Gasteiger partial charge in [-0.3, -0.25) is 4.57 Å². The molecule has 1 aromatic heterocycles. The average Bonchev–Trinajstić information content (AvgIpc) is 2.66. The van der Waals surface area contributed by atoms with E-state index in [1.54, 1.807) is 22.6 Å². The number of rotatable bonds is 1. The fraction of sp³-hybridized carbons (Fsp3) is 0. The van der Waals surface area contributed by atoms with Crippen LogP contribution in [-0.4, -0.2) is 9.55 Å². The van der Waals surface area contributed by atoms with Crippen molar-refractivity contribution < 1.29 is 17.6 Å². The van der Waals surface area contributed by atoms with Crippen LogP contribution in [0.1, 0.15) is 0 Å². The van der Waals surface area contributed by atoms with Crippen molar-refractivity contribution in [2.75, 3.05) is 0 Å². The van der Waals surface area contributed by atoms with Gasteiger partial charge >= 0.3 is 0 Å². The predicted octanol–water partition coefficient (Wildman–Crippen LogP) is 4.85. The van der Waals surface area contributed by atoms with E-state index in [-0.39, 0.29) is 10.3 Å². The number of fused-ring (bicyclic) bond motifs is 1. The van der Waals surface area contributed by atoms with Crippen molar-refractivity contribution in [3.05, 3.63) is 55.9 Å². The summed E-state index contributed by atoms with van der Waals surface area (Å²) >= 11 is 6.82. The van der Waals surface area contributed by atoms with Gasteiger partial charge in [-0.05, 0) is 40.9 Å². The third kappa shape index (κ3) is 2.35. The second-order valence-electron chi connectivity index (χ2n) is 4.27. The second kappa shape index (κ2) is 5.09. The molecular weight excluding hydrogens is 419 g/mol. The number of hydrogen-bond donors (Lipinski definition) is 1. The van der Waals surface area contributed by atoms with Gasteiger partial charge in [0.25, 0.3) is 0 Å². The topological polar surface area (TPSA) is 20.7 Å². The lowest BCUT2D eigenvalue weighted by molar-refractivity contribution is 0.534. The van der Waals surface area contributed by atoms with Crippen LogP contribution >= 0.6 is 34.8 Å². The SMILES string of the molecule is Fc1cc(F)c(-n2c(=S)[nH]c3cc(I)c(F)cc32)c(F)c1. The second-order valence-corrected chi connectivity index (χ2v) is 5.82. The first-order valence-corrected chi connectivity index (χ1v) is 7.12. The van der Waals surface area contributed by atoms with Gasteiger partial charge in [0.1, 0.15) is 17.3 Å². The zero-order chi connectivity index (χ0) is 15.3. The minimum atomic E-state index is -1.12. The molecule has 0 radical (unpaired) electrons. The van der Waals surface area contributed by atoms with Gasteiger partial charge < -0.3 is 4.98 Å². The number of benzene rings is 2. The molecule has 0 fully saturated rings. The normalized spacial score (nSPS) is 11.3. The van der Waals surface area contributed by atoms with E-state index in [0.29, 0.717) is 21.2 Å². The standard InChI is InChI=1S/C13H5F4IN2S/c14-5-1-7(16)12(8(17)2-5)20-11-3-6(15)9(18)4-10(11)19-13(20)21/h1-4H,(H,19,21). The van der Waals surface area contributed by atoms with Crippen LogP contribution in [0.25, 0.3) is 16.7 Å². The minimum absolute atomic E-state index is 0.0178. The number of nitrogens with one attached hydrogen (secondary N) is 1. The summed E-state index contributed by atoms with van der Waals surface area (Å²) in [5, 5.41) is 0. The Hall–Kier alpha value is -1.42. The van der Waals surface area contributed by atoms with Gasteiger partial charge in [0.05, 0.1) is 14.6 Å². The highest BCUT2D eigenvalue weighted by Crippen LogP contribution is 2.27. The molecule has 0 bridgehead atoms. The van der Waals surface area contributed by atoms with E-state index in [0.717, 1.165) is 10.6 Å². The molecule has 8 heteroatoms. The van der Waals surface area contributed by atoms with E-state index in [1.165, 1.54) is 6.07 Å². The molecule has 0 saturated heterocycles. The number of imidazole rings is 1. The molecule has 0 amide bonds. The fourth-order valence-electron chi connectivity index (χ4n) is 2.07. The van der Waals surface area contributed by atoms with E-state index >= 15 is 0 Å². The predicted molar refractivity (Wildman–Crippen MR) is 81.0 cm³/mol. The Bertz CT molecular complexity index is 909. The molecule has 0 saturated carbocycles. The first-order valence-electron chi connectivity index (χ1n) is 5.63. The van der Waals surface area contributed by atoms with E-state index < -0.39 is 29.0 Å². The van der Waals surface area contributed by atoms with Crippen LogP contribution in [0.3, 0.4) is 0 Å². The van der Waals surface area contributed by atoms with Crippen LogP contribution in [0.2, 0.25) is 0 Å². The summed E-state index contributed by atoms with van der Waals surface area (Å²) in [7, 11) is 0. The van der Waals surface area contributed by atoms with Crippen LogP contribution in [0.4, 0.5) is 17.6 Å². The lowest BCUT2D eigenvalue weighted by atomic mass is 10.2. The molecule has 1 N–H and O–H groups in total. The van der Waals surface area contributed by atoms with Crippen molar-refractivity contribution in [1.82, 2.24) is 9.55 Å². The van der Waals surface area contributed by atoms with Crippen molar-refractivity contribution in [2.45, 2.75) is 0 Å². The van der Waals surface area contributed by atoms with Gasteiger partial charge in [0, 0.05) is 18.2 Å². The van der Waals surface area contributed by atoms with E-state index in [4.69, 9.17) is 12.2 Å². The summed E-state index contributed by atoms with van der Waals surface area (Å²) in [4.78, 5) is 2.74. The third-order valence-corrected chi connectivity index (χ3v) is 4.04. The van der Waals surface area contributed by atoms with Crippen LogP contribution in [0, 0.1) is 31.6 Å².